The van der Waals surface area contributed by atoms with Gasteiger partial charge in [-0.15, -0.1) is 11.3 Å². The second-order valence-electron chi connectivity index (χ2n) is 7.37. The highest BCUT2D eigenvalue weighted by atomic mass is 32.1. The van der Waals surface area contributed by atoms with Gasteiger partial charge in [0.1, 0.15) is 11.7 Å². The van der Waals surface area contributed by atoms with E-state index in [1.54, 1.807) is 36.3 Å². The van der Waals surface area contributed by atoms with E-state index in [1.165, 1.54) is 23.2 Å². The summed E-state index contributed by atoms with van der Waals surface area (Å²) in [7, 11) is 5.06. The highest BCUT2D eigenvalue weighted by molar-refractivity contribution is 7.14. The van der Waals surface area contributed by atoms with Gasteiger partial charge in [-0.2, -0.15) is 15.0 Å². The van der Waals surface area contributed by atoms with Crippen LogP contribution in [0.5, 0.6) is 0 Å². The predicted molar refractivity (Wildman–Crippen MR) is 125 cm³/mol. The Balaban J connectivity index is 1.45. The summed E-state index contributed by atoms with van der Waals surface area (Å²) in [4.78, 5) is 31.3. The zero-order chi connectivity index (χ0) is 23.4. The zero-order valence-electron chi connectivity index (χ0n) is 18.3. The standard InChI is InChI=1S/C22H23N7O3S/c1-28-8-7-16(11-28)20(30)24-18(12-32-3)21(31)26-22-25-19(13-33-22)15-6-4-5-14(9-15)17-10-23-29(2)27-17/h4-11,13,18H,12H2,1-3H3,(H,24,30)(H,25,26,31). The van der Waals surface area contributed by atoms with E-state index in [-0.39, 0.29) is 12.5 Å². The van der Waals surface area contributed by atoms with Crippen molar-refractivity contribution in [1.82, 2.24) is 29.9 Å². The first kappa shape index (κ1) is 22.4. The Morgan fingerprint density at radius 3 is 2.64 bits per heavy atom. The van der Waals surface area contributed by atoms with Gasteiger partial charge in [0.05, 0.1) is 24.1 Å². The fourth-order valence-electron chi connectivity index (χ4n) is 3.20. The molecule has 170 valence electrons. The number of thiazole rings is 1. The van der Waals surface area contributed by atoms with Crippen LogP contribution in [0.1, 0.15) is 10.4 Å². The maximum atomic E-state index is 12.8. The van der Waals surface area contributed by atoms with Crippen molar-refractivity contribution < 1.29 is 14.3 Å². The molecule has 0 aliphatic carbocycles. The minimum atomic E-state index is -0.866. The Morgan fingerprint density at radius 2 is 1.97 bits per heavy atom. The number of nitrogens with zero attached hydrogens (tertiary/aromatic N) is 5. The van der Waals surface area contributed by atoms with Gasteiger partial charge >= 0.3 is 0 Å². The summed E-state index contributed by atoms with van der Waals surface area (Å²) >= 11 is 1.30. The van der Waals surface area contributed by atoms with Gasteiger partial charge in [-0.05, 0) is 12.1 Å². The average molecular weight is 466 g/mol. The molecule has 2 amide bonds. The lowest BCUT2D eigenvalue weighted by atomic mass is 10.1. The van der Waals surface area contributed by atoms with Crippen LogP contribution in [0.4, 0.5) is 5.13 Å². The smallest absolute Gasteiger partial charge is 0.253 e. The highest BCUT2D eigenvalue weighted by Gasteiger charge is 2.23. The first-order chi connectivity index (χ1) is 15.9. The Kier molecular flexibility index (Phi) is 6.61. The van der Waals surface area contributed by atoms with E-state index in [0.717, 1.165) is 22.5 Å². The second kappa shape index (κ2) is 9.76. The van der Waals surface area contributed by atoms with E-state index in [2.05, 4.69) is 25.8 Å². The summed E-state index contributed by atoms with van der Waals surface area (Å²) in [6.45, 7) is 0.0306. The minimum absolute atomic E-state index is 0.0306. The van der Waals surface area contributed by atoms with Crippen molar-refractivity contribution in [2.75, 3.05) is 19.0 Å². The van der Waals surface area contributed by atoms with Gasteiger partial charge in [-0.3, -0.25) is 9.59 Å². The lowest BCUT2D eigenvalue weighted by Crippen LogP contribution is -2.46. The number of carbonyl (C=O) groups excluding carboxylic acids is 2. The summed E-state index contributed by atoms with van der Waals surface area (Å²) in [6, 6.07) is 8.60. The molecule has 0 saturated carbocycles. The van der Waals surface area contributed by atoms with Crippen molar-refractivity contribution in [3.63, 3.8) is 0 Å². The average Bonchev–Trinajstić information content (AvgIpc) is 3.55. The van der Waals surface area contributed by atoms with Crippen molar-refractivity contribution >= 4 is 28.3 Å². The first-order valence-electron chi connectivity index (χ1n) is 10.1. The summed E-state index contributed by atoms with van der Waals surface area (Å²) in [5, 5.41) is 16.2. The maximum absolute atomic E-state index is 12.8. The van der Waals surface area contributed by atoms with Crippen LogP contribution < -0.4 is 10.6 Å². The number of anilines is 1. The number of methoxy groups -OCH3 is 1. The third-order valence-electron chi connectivity index (χ3n) is 4.84. The Labute approximate surface area is 194 Å². The van der Waals surface area contributed by atoms with Crippen LogP contribution in [-0.4, -0.2) is 56.1 Å². The Hall–Kier alpha value is -3.83. The summed E-state index contributed by atoms with van der Waals surface area (Å²) < 4.78 is 6.89. The molecular weight excluding hydrogens is 442 g/mol. The van der Waals surface area contributed by atoms with Crippen molar-refractivity contribution in [2.24, 2.45) is 14.1 Å². The normalized spacial score (nSPS) is 11.8. The van der Waals surface area contributed by atoms with Crippen LogP contribution in [0.2, 0.25) is 0 Å². The third-order valence-corrected chi connectivity index (χ3v) is 5.60. The van der Waals surface area contributed by atoms with E-state index in [9.17, 15) is 9.59 Å². The second-order valence-corrected chi connectivity index (χ2v) is 8.23. The fourth-order valence-corrected chi connectivity index (χ4v) is 3.92. The van der Waals surface area contributed by atoms with Crippen molar-refractivity contribution in [2.45, 2.75) is 6.04 Å². The number of carbonyl (C=O) groups is 2. The van der Waals surface area contributed by atoms with Gasteiger partial charge in [0.15, 0.2) is 5.13 Å². The molecule has 1 aromatic carbocycles. The highest BCUT2D eigenvalue weighted by Crippen LogP contribution is 2.28. The fraction of sp³-hybridized carbons (Fsp3) is 0.227. The summed E-state index contributed by atoms with van der Waals surface area (Å²) in [6.07, 6.45) is 5.14. The molecule has 4 rings (SSSR count). The van der Waals surface area contributed by atoms with Gasteiger partial charge in [0.2, 0.25) is 0 Å². The molecule has 3 heterocycles. The molecule has 3 aromatic heterocycles. The molecule has 0 bridgehead atoms. The molecule has 33 heavy (non-hydrogen) atoms. The molecule has 0 radical (unpaired) electrons. The van der Waals surface area contributed by atoms with Crippen LogP contribution in [0.25, 0.3) is 22.5 Å². The number of aryl methyl sites for hydroxylation is 2. The van der Waals surface area contributed by atoms with Crippen LogP contribution in [-0.2, 0) is 23.6 Å². The predicted octanol–water partition coefficient (Wildman–Crippen LogP) is 2.33. The number of rotatable bonds is 8. The van der Waals surface area contributed by atoms with Crippen molar-refractivity contribution in [3.8, 4) is 22.5 Å². The van der Waals surface area contributed by atoms with Crippen molar-refractivity contribution in [1.29, 1.82) is 0 Å². The quantitative estimate of drug-likeness (QED) is 0.413. The molecule has 0 spiro atoms. The largest absolute Gasteiger partial charge is 0.382 e. The molecule has 4 aromatic rings. The molecular formula is C22H23N7O3S. The molecule has 0 aliphatic heterocycles. The lowest BCUT2D eigenvalue weighted by molar-refractivity contribution is -0.119. The minimum Gasteiger partial charge on any atom is -0.382 e. The number of aromatic nitrogens is 5. The first-order valence-corrected chi connectivity index (χ1v) is 11.0. The van der Waals surface area contributed by atoms with E-state index >= 15 is 0 Å². The van der Waals surface area contributed by atoms with E-state index in [0.29, 0.717) is 10.7 Å². The molecule has 0 saturated heterocycles. The summed E-state index contributed by atoms with van der Waals surface area (Å²) in [5.41, 5.74) is 3.76. The van der Waals surface area contributed by atoms with Crippen LogP contribution >= 0.6 is 11.3 Å². The Bertz CT molecular complexity index is 1280. The van der Waals surface area contributed by atoms with Crippen LogP contribution in [0.3, 0.4) is 0 Å². The molecule has 2 N–H and O–H groups in total. The van der Waals surface area contributed by atoms with E-state index < -0.39 is 11.9 Å². The molecule has 0 fully saturated rings. The SMILES string of the molecule is COCC(NC(=O)c1ccn(C)c1)C(=O)Nc1nc(-c2cccc(-c3cnn(C)n3)c2)cs1. The van der Waals surface area contributed by atoms with Crippen LogP contribution in [0.15, 0.2) is 54.3 Å². The number of hydrogen-bond donors (Lipinski definition) is 2. The lowest BCUT2D eigenvalue weighted by Gasteiger charge is -2.16. The number of hydrogen-bond acceptors (Lipinski definition) is 7. The van der Waals surface area contributed by atoms with Gasteiger partial charge in [-0.1, -0.05) is 18.2 Å². The number of ether oxygens (including phenoxy) is 1. The van der Waals surface area contributed by atoms with E-state index in [1.807, 2.05) is 36.7 Å². The topological polar surface area (TPSA) is 116 Å². The van der Waals surface area contributed by atoms with Gasteiger partial charge in [0.25, 0.3) is 11.8 Å². The van der Waals surface area contributed by atoms with Gasteiger partial charge in [0, 0.05) is 50.1 Å². The number of amides is 2. The van der Waals surface area contributed by atoms with Gasteiger partial charge in [-0.25, -0.2) is 4.98 Å². The molecule has 11 heteroatoms. The maximum Gasteiger partial charge on any atom is 0.253 e. The van der Waals surface area contributed by atoms with Gasteiger partial charge < -0.3 is 19.9 Å². The Morgan fingerprint density at radius 1 is 1.18 bits per heavy atom. The zero-order valence-corrected chi connectivity index (χ0v) is 19.2. The molecule has 0 aliphatic rings. The summed E-state index contributed by atoms with van der Waals surface area (Å²) in [5.74, 6) is -0.760. The third kappa shape index (κ3) is 5.33. The molecule has 1 atom stereocenters. The monoisotopic (exact) mass is 465 g/mol. The number of benzene rings is 1. The van der Waals surface area contributed by atoms with Crippen molar-refractivity contribution in [3.05, 3.63) is 59.9 Å². The molecule has 10 nitrogen and oxygen atoms in total. The molecule has 1 unspecified atom stereocenters. The van der Waals surface area contributed by atoms with E-state index in [4.69, 9.17) is 4.74 Å². The number of nitrogens with one attached hydrogen (secondary N) is 2. The van der Waals surface area contributed by atoms with Crippen LogP contribution in [0, 0.1) is 0 Å².